The number of carbonyl (C=O) groups is 3. The SMILES string of the molecule is CNC(=O)[C@@H]1C[C@@H](O)CN1C(=O)[C@@H]1CCCN1C(=O)OC(C)(C)C. The lowest BCUT2D eigenvalue weighted by molar-refractivity contribution is -0.141. The van der Waals surface area contributed by atoms with Crippen molar-refractivity contribution in [3.05, 3.63) is 0 Å². The van der Waals surface area contributed by atoms with Crippen molar-refractivity contribution < 1.29 is 24.2 Å². The molecule has 2 N–H and O–H groups in total. The number of hydrogen-bond donors (Lipinski definition) is 2. The molecule has 2 aliphatic rings. The highest BCUT2D eigenvalue weighted by molar-refractivity contribution is 5.92. The molecule has 2 saturated heterocycles. The summed E-state index contributed by atoms with van der Waals surface area (Å²) in [5.74, 6) is -0.606. The lowest BCUT2D eigenvalue weighted by atomic mass is 10.1. The van der Waals surface area contributed by atoms with Crippen LogP contribution in [0.4, 0.5) is 4.79 Å². The zero-order chi connectivity index (χ0) is 18.1. The van der Waals surface area contributed by atoms with Gasteiger partial charge >= 0.3 is 6.09 Å². The zero-order valence-corrected chi connectivity index (χ0v) is 14.7. The number of carbonyl (C=O) groups excluding carboxylic acids is 3. The molecule has 3 amide bonds. The first-order valence-corrected chi connectivity index (χ1v) is 8.34. The van der Waals surface area contributed by atoms with Crippen molar-refractivity contribution in [1.29, 1.82) is 0 Å². The van der Waals surface area contributed by atoms with Crippen LogP contribution in [-0.2, 0) is 14.3 Å². The normalized spacial score (nSPS) is 27.3. The third-order valence-corrected chi connectivity index (χ3v) is 4.28. The van der Waals surface area contributed by atoms with E-state index in [1.54, 1.807) is 20.8 Å². The second-order valence-corrected chi connectivity index (χ2v) is 7.34. The van der Waals surface area contributed by atoms with Gasteiger partial charge in [0.25, 0.3) is 0 Å². The van der Waals surface area contributed by atoms with Gasteiger partial charge in [0.15, 0.2) is 0 Å². The number of amides is 3. The number of rotatable bonds is 2. The van der Waals surface area contributed by atoms with E-state index in [0.717, 1.165) is 0 Å². The van der Waals surface area contributed by atoms with E-state index in [1.807, 2.05) is 0 Å². The van der Waals surface area contributed by atoms with Crippen LogP contribution in [0.3, 0.4) is 0 Å². The Hall–Kier alpha value is -1.83. The van der Waals surface area contributed by atoms with Crippen molar-refractivity contribution in [2.75, 3.05) is 20.1 Å². The number of aliphatic hydroxyl groups excluding tert-OH is 1. The standard InChI is InChI=1S/C16H27N3O5/c1-16(2,3)24-15(23)18-7-5-6-11(18)14(22)19-9-10(20)8-12(19)13(21)17-4/h10-12,20H,5-9H2,1-4H3,(H,17,21)/t10-,11+,12+/m1/s1. The van der Waals surface area contributed by atoms with Gasteiger partial charge in [-0.3, -0.25) is 14.5 Å². The minimum atomic E-state index is -0.729. The maximum atomic E-state index is 12.9. The molecule has 24 heavy (non-hydrogen) atoms. The molecule has 0 aromatic carbocycles. The van der Waals surface area contributed by atoms with E-state index >= 15 is 0 Å². The lowest BCUT2D eigenvalue weighted by Crippen LogP contribution is -2.53. The second kappa shape index (κ2) is 6.96. The highest BCUT2D eigenvalue weighted by Gasteiger charge is 2.45. The number of likely N-dealkylation sites (tertiary alicyclic amines) is 2. The number of ether oxygens (including phenoxy) is 1. The number of hydrogen-bond acceptors (Lipinski definition) is 5. The van der Waals surface area contributed by atoms with E-state index < -0.39 is 29.9 Å². The average Bonchev–Trinajstić information content (AvgIpc) is 3.10. The van der Waals surface area contributed by atoms with Crippen LogP contribution in [0.2, 0.25) is 0 Å². The fraction of sp³-hybridized carbons (Fsp3) is 0.812. The van der Waals surface area contributed by atoms with Crippen LogP contribution >= 0.6 is 0 Å². The summed E-state index contributed by atoms with van der Waals surface area (Å²) in [6.07, 6.45) is 0.203. The van der Waals surface area contributed by atoms with Crippen LogP contribution in [0.1, 0.15) is 40.0 Å². The van der Waals surface area contributed by atoms with Gasteiger partial charge in [-0.2, -0.15) is 0 Å². The summed E-state index contributed by atoms with van der Waals surface area (Å²) in [4.78, 5) is 40.0. The largest absolute Gasteiger partial charge is 0.444 e. The molecule has 0 aromatic heterocycles. The minimum Gasteiger partial charge on any atom is -0.444 e. The lowest BCUT2D eigenvalue weighted by Gasteiger charge is -2.31. The van der Waals surface area contributed by atoms with E-state index in [9.17, 15) is 19.5 Å². The maximum Gasteiger partial charge on any atom is 0.410 e. The van der Waals surface area contributed by atoms with E-state index in [0.29, 0.717) is 19.4 Å². The molecule has 0 aliphatic carbocycles. The number of β-amino-alcohol motifs (C(OH)–C–C–N with tert-alkyl or cyclic N) is 1. The Morgan fingerprint density at radius 3 is 2.42 bits per heavy atom. The molecule has 2 fully saturated rings. The second-order valence-electron chi connectivity index (χ2n) is 7.34. The molecule has 0 radical (unpaired) electrons. The summed E-state index contributed by atoms with van der Waals surface area (Å²) in [6, 6.07) is -1.34. The van der Waals surface area contributed by atoms with Crippen molar-refractivity contribution in [3.63, 3.8) is 0 Å². The van der Waals surface area contributed by atoms with Crippen LogP contribution in [-0.4, -0.2) is 76.7 Å². The molecular formula is C16H27N3O5. The molecule has 3 atom stereocenters. The summed E-state index contributed by atoms with van der Waals surface area (Å²) in [7, 11) is 1.50. The predicted octanol–water partition coefficient (Wildman–Crippen LogP) is 0.0937. The average molecular weight is 341 g/mol. The summed E-state index contributed by atoms with van der Waals surface area (Å²) in [5, 5.41) is 12.4. The molecule has 2 heterocycles. The minimum absolute atomic E-state index is 0.107. The number of nitrogens with zero attached hydrogens (tertiary/aromatic N) is 2. The Morgan fingerprint density at radius 1 is 1.17 bits per heavy atom. The number of likely N-dealkylation sites (N-methyl/N-ethyl adjacent to an activating group) is 1. The molecule has 2 aliphatic heterocycles. The van der Waals surface area contributed by atoms with Gasteiger partial charge in [-0.25, -0.2) is 4.79 Å². The number of nitrogens with one attached hydrogen (secondary N) is 1. The summed E-state index contributed by atoms with van der Waals surface area (Å²) < 4.78 is 5.37. The molecule has 136 valence electrons. The summed E-state index contributed by atoms with van der Waals surface area (Å²) in [5.41, 5.74) is -0.637. The Kier molecular flexibility index (Phi) is 5.37. The highest BCUT2D eigenvalue weighted by atomic mass is 16.6. The fourth-order valence-corrected chi connectivity index (χ4v) is 3.23. The van der Waals surface area contributed by atoms with E-state index in [1.165, 1.54) is 16.8 Å². The van der Waals surface area contributed by atoms with Gasteiger partial charge in [-0.1, -0.05) is 0 Å². The Morgan fingerprint density at radius 2 is 1.83 bits per heavy atom. The van der Waals surface area contributed by atoms with E-state index in [4.69, 9.17) is 4.74 Å². The van der Waals surface area contributed by atoms with Crippen molar-refractivity contribution in [3.8, 4) is 0 Å². The number of aliphatic hydroxyl groups is 1. The first-order chi connectivity index (χ1) is 11.1. The van der Waals surface area contributed by atoms with Crippen molar-refractivity contribution in [2.45, 2.75) is 63.8 Å². The molecule has 2 rings (SSSR count). The molecular weight excluding hydrogens is 314 g/mol. The smallest absolute Gasteiger partial charge is 0.410 e. The summed E-state index contributed by atoms with van der Waals surface area (Å²) >= 11 is 0. The van der Waals surface area contributed by atoms with Crippen LogP contribution in [0, 0.1) is 0 Å². The molecule has 0 aromatic rings. The van der Waals surface area contributed by atoms with Gasteiger partial charge in [0.05, 0.1) is 6.10 Å². The van der Waals surface area contributed by atoms with Gasteiger partial charge in [-0.05, 0) is 33.6 Å². The van der Waals surface area contributed by atoms with Crippen LogP contribution in [0.25, 0.3) is 0 Å². The van der Waals surface area contributed by atoms with Gasteiger partial charge in [0.2, 0.25) is 11.8 Å². The van der Waals surface area contributed by atoms with Crippen LogP contribution < -0.4 is 5.32 Å². The van der Waals surface area contributed by atoms with Crippen molar-refractivity contribution >= 4 is 17.9 Å². The zero-order valence-electron chi connectivity index (χ0n) is 14.7. The fourth-order valence-electron chi connectivity index (χ4n) is 3.23. The third kappa shape index (κ3) is 3.98. The van der Waals surface area contributed by atoms with Gasteiger partial charge in [0, 0.05) is 26.6 Å². The topological polar surface area (TPSA) is 99.2 Å². The molecule has 8 heteroatoms. The van der Waals surface area contributed by atoms with Gasteiger partial charge < -0.3 is 20.1 Å². The Balaban J connectivity index is 2.12. The molecule has 0 unspecified atom stereocenters. The maximum absolute atomic E-state index is 12.9. The quantitative estimate of drug-likeness (QED) is 0.742. The molecule has 0 spiro atoms. The van der Waals surface area contributed by atoms with Gasteiger partial charge in [-0.15, -0.1) is 0 Å². The highest BCUT2D eigenvalue weighted by Crippen LogP contribution is 2.26. The van der Waals surface area contributed by atoms with Gasteiger partial charge in [0.1, 0.15) is 17.7 Å². The van der Waals surface area contributed by atoms with Crippen molar-refractivity contribution in [2.24, 2.45) is 0 Å². The first-order valence-electron chi connectivity index (χ1n) is 8.34. The Bertz CT molecular complexity index is 516. The molecule has 0 bridgehead atoms. The van der Waals surface area contributed by atoms with E-state index in [-0.39, 0.29) is 24.8 Å². The predicted molar refractivity (Wildman–Crippen MR) is 86.2 cm³/mol. The molecule has 8 nitrogen and oxygen atoms in total. The first kappa shape index (κ1) is 18.5. The third-order valence-electron chi connectivity index (χ3n) is 4.28. The van der Waals surface area contributed by atoms with Crippen LogP contribution in [0.5, 0.6) is 0 Å². The van der Waals surface area contributed by atoms with Crippen LogP contribution in [0.15, 0.2) is 0 Å². The monoisotopic (exact) mass is 341 g/mol. The van der Waals surface area contributed by atoms with E-state index in [2.05, 4.69) is 5.32 Å². The molecule has 0 saturated carbocycles. The summed E-state index contributed by atoms with van der Waals surface area (Å²) in [6.45, 7) is 5.88. The van der Waals surface area contributed by atoms with Crippen molar-refractivity contribution in [1.82, 2.24) is 15.1 Å². The Labute approximate surface area is 142 Å².